The Bertz CT molecular complexity index is 112. The van der Waals surface area contributed by atoms with Crippen LogP contribution in [-0.4, -0.2) is 11.2 Å². The fourth-order valence-electron chi connectivity index (χ4n) is 0.848. The van der Waals surface area contributed by atoms with Gasteiger partial charge in [0.1, 0.15) is 6.10 Å². The van der Waals surface area contributed by atoms with Crippen molar-refractivity contribution in [2.45, 2.75) is 39.2 Å². The van der Waals surface area contributed by atoms with Gasteiger partial charge in [-0.25, -0.2) is 0 Å². The number of unbranched alkanes of at least 4 members (excludes halogenated alkanes) is 1. The third kappa shape index (κ3) is 3.53. The van der Waals surface area contributed by atoms with E-state index in [4.69, 9.17) is 11.5 Å². The Morgan fingerprint density at radius 2 is 2.20 bits per heavy atom. The molecule has 0 aliphatic heterocycles. The van der Waals surface area contributed by atoms with Crippen LogP contribution in [0.3, 0.4) is 0 Å². The second kappa shape index (κ2) is 5.32. The normalized spacial score (nSPS) is 15.8. The zero-order valence-corrected chi connectivity index (χ0v) is 6.80. The van der Waals surface area contributed by atoms with E-state index in [-0.39, 0.29) is 5.92 Å². The van der Waals surface area contributed by atoms with Crippen LogP contribution in [0.5, 0.6) is 0 Å². The molecule has 1 nitrogen and oxygen atoms in total. The van der Waals surface area contributed by atoms with Crippen molar-refractivity contribution in [3.05, 3.63) is 0 Å². The molecule has 0 aliphatic rings. The minimum absolute atomic E-state index is 0.255. The Kier molecular flexibility index (Phi) is 5.06. The van der Waals surface area contributed by atoms with Gasteiger partial charge in [0, 0.05) is 0 Å². The molecule has 0 saturated heterocycles. The summed E-state index contributed by atoms with van der Waals surface area (Å²) in [7, 11) is 0. The minimum atomic E-state index is -0.549. The molecule has 2 atom stereocenters. The van der Waals surface area contributed by atoms with Gasteiger partial charge < -0.3 is 5.11 Å². The molecule has 0 fully saturated rings. The lowest BCUT2D eigenvalue weighted by Gasteiger charge is -2.11. The smallest absolute Gasteiger partial charge is 0.117 e. The number of hydrogen-bond acceptors (Lipinski definition) is 1. The van der Waals surface area contributed by atoms with Crippen molar-refractivity contribution in [2.75, 3.05) is 0 Å². The molecule has 1 N–H and O–H groups in total. The SMILES string of the molecule is C#C[C@H](O)C(C)CCCC. The van der Waals surface area contributed by atoms with Crippen molar-refractivity contribution >= 4 is 0 Å². The van der Waals surface area contributed by atoms with Crippen LogP contribution in [0, 0.1) is 18.3 Å². The molecule has 0 aromatic carbocycles. The van der Waals surface area contributed by atoms with Crippen molar-refractivity contribution in [3.8, 4) is 12.3 Å². The second-order valence-electron chi connectivity index (χ2n) is 2.73. The first-order chi connectivity index (χ1) is 4.72. The highest BCUT2D eigenvalue weighted by molar-refractivity contribution is 4.95. The predicted octanol–water partition coefficient (Wildman–Crippen LogP) is 1.81. The van der Waals surface area contributed by atoms with E-state index in [1.165, 1.54) is 6.42 Å². The monoisotopic (exact) mass is 140 g/mol. The van der Waals surface area contributed by atoms with Gasteiger partial charge >= 0.3 is 0 Å². The molecular formula is C9H16O. The van der Waals surface area contributed by atoms with Crippen LogP contribution in [0.25, 0.3) is 0 Å². The molecule has 58 valence electrons. The maximum absolute atomic E-state index is 9.12. The zero-order chi connectivity index (χ0) is 7.98. The van der Waals surface area contributed by atoms with Crippen molar-refractivity contribution in [2.24, 2.45) is 5.92 Å². The number of aliphatic hydroxyl groups is 1. The van der Waals surface area contributed by atoms with Gasteiger partial charge in [-0.3, -0.25) is 0 Å². The molecule has 0 aliphatic carbocycles. The average molecular weight is 140 g/mol. The molecule has 1 heteroatoms. The summed E-state index contributed by atoms with van der Waals surface area (Å²) in [6, 6.07) is 0. The van der Waals surface area contributed by atoms with E-state index in [2.05, 4.69) is 12.8 Å². The summed E-state index contributed by atoms with van der Waals surface area (Å²) in [6.07, 6.45) is 7.85. The quantitative estimate of drug-likeness (QED) is 0.590. The van der Waals surface area contributed by atoms with Gasteiger partial charge in [0.2, 0.25) is 0 Å². The maximum Gasteiger partial charge on any atom is 0.117 e. The first-order valence-electron chi connectivity index (χ1n) is 3.86. The molecule has 10 heavy (non-hydrogen) atoms. The number of terminal acetylenes is 1. The topological polar surface area (TPSA) is 20.2 Å². The lowest BCUT2D eigenvalue weighted by Crippen LogP contribution is -2.14. The predicted molar refractivity (Wildman–Crippen MR) is 43.5 cm³/mol. The fourth-order valence-corrected chi connectivity index (χ4v) is 0.848. The first kappa shape index (κ1) is 9.52. The highest BCUT2D eigenvalue weighted by Crippen LogP contribution is 2.10. The van der Waals surface area contributed by atoms with Crippen LogP contribution >= 0.6 is 0 Å². The summed E-state index contributed by atoms with van der Waals surface area (Å²) >= 11 is 0. The van der Waals surface area contributed by atoms with Gasteiger partial charge in [-0.2, -0.15) is 0 Å². The van der Waals surface area contributed by atoms with Crippen LogP contribution in [0.1, 0.15) is 33.1 Å². The molecule has 0 amide bonds. The fraction of sp³-hybridized carbons (Fsp3) is 0.778. The van der Waals surface area contributed by atoms with Crippen molar-refractivity contribution in [1.82, 2.24) is 0 Å². The molecule has 0 heterocycles. The van der Waals surface area contributed by atoms with Gasteiger partial charge in [0.05, 0.1) is 0 Å². The van der Waals surface area contributed by atoms with E-state index in [0.29, 0.717) is 0 Å². The molecule has 0 bridgehead atoms. The average Bonchev–Trinajstić information content (AvgIpc) is 1.98. The van der Waals surface area contributed by atoms with E-state index < -0.39 is 6.10 Å². The van der Waals surface area contributed by atoms with Gasteiger partial charge in [0.15, 0.2) is 0 Å². The molecule has 0 rings (SSSR count). The van der Waals surface area contributed by atoms with E-state index in [1.54, 1.807) is 0 Å². The van der Waals surface area contributed by atoms with Crippen LogP contribution in [0.2, 0.25) is 0 Å². The van der Waals surface area contributed by atoms with Crippen molar-refractivity contribution in [1.29, 1.82) is 0 Å². The number of hydrogen-bond donors (Lipinski definition) is 1. The lowest BCUT2D eigenvalue weighted by atomic mass is 9.99. The Labute approximate surface area is 63.5 Å². The summed E-state index contributed by atoms with van der Waals surface area (Å²) in [5, 5.41) is 9.12. The third-order valence-corrected chi connectivity index (χ3v) is 1.72. The third-order valence-electron chi connectivity index (χ3n) is 1.72. The molecule has 0 spiro atoms. The van der Waals surface area contributed by atoms with Gasteiger partial charge in [-0.05, 0) is 12.3 Å². The molecule has 0 radical (unpaired) electrons. The summed E-state index contributed by atoms with van der Waals surface area (Å²) in [4.78, 5) is 0. The number of aliphatic hydroxyl groups excluding tert-OH is 1. The maximum atomic E-state index is 9.12. The highest BCUT2D eigenvalue weighted by Gasteiger charge is 2.09. The van der Waals surface area contributed by atoms with Gasteiger partial charge in [-0.1, -0.05) is 32.6 Å². The number of rotatable bonds is 4. The molecular weight excluding hydrogens is 124 g/mol. The molecule has 1 unspecified atom stereocenters. The van der Waals surface area contributed by atoms with E-state index in [1.807, 2.05) is 6.92 Å². The van der Waals surface area contributed by atoms with Crippen LogP contribution in [0.4, 0.5) is 0 Å². The molecule has 0 aromatic heterocycles. The van der Waals surface area contributed by atoms with E-state index in [9.17, 15) is 0 Å². The highest BCUT2D eigenvalue weighted by atomic mass is 16.3. The minimum Gasteiger partial charge on any atom is -0.380 e. The Morgan fingerprint density at radius 3 is 2.60 bits per heavy atom. The summed E-state index contributed by atoms with van der Waals surface area (Å²) in [5.74, 6) is 2.58. The second-order valence-corrected chi connectivity index (χ2v) is 2.73. The van der Waals surface area contributed by atoms with Crippen LogP contribution < -0.4 is 0 Å². The Morgan fingerprint density at radius 1 is 1.60 bits per heavy atom. The lowest BCUT2D eigenvalue weighted by molar-refractivity contribution is 0.164. The van der Waals surface area contributed by atoms with Crippen molar-refractivity contribution < 1.29 is 5.11 Å². The largest absolute Gasteiger partial charge is 0.380 e. The van der Waals surface area contributed by atoms with E-state index >= 15 is 0 Å². The standard InChI is InChI=1S/C9H16O/c1-4-6-7-8(3)9(10)5-2/h2,8-10H,4,6-7H2,1,3H3/t8?,9-/m0/s1. The zero-order valence-electron chi connectivity index (χ0n) is 6.80. The van der Waals surface area contributed by atoms with Gasteiger partial charge in [0.25, 0.3) is 0 Å². The molecule has 0 saturated carbocycles. The Balaban J connectivity index is 3.43. The molecule has 0 aromatic rings. The Hall–Kier alpha value is -0.480. The van der Waals surface area contributed by atoms with Gasteiger partial charge in [-0.15, -0.1) is 6.42 Å². The summed E-state index contributed by atoms with van der Waals surface area (Å²) in [5.41, 5.74) is 0. The summed E-state index contributed by atoms with van der Waals surface area (Å²) < 4.78 is 0. The van der Waals surface area contributed by atoms with Crippen LogP contribution in [0.15, 0.2) is 0 Å². The summed E-state index contributed by atoms with van der Waals surface area (Å²) in [6.45, 7) is 4.12. The van der Waals surface area contributed by atoms with E-state index in [0.717, 1.165) is 12.8 Å². The first-order valence-corrected chi connectivity index (χ1v) is 3.86. The van der Waals surface area contributed by atoms with Crippen LogP contribution in [-0.2, 0) is 0 Å². The van der Waals surface area contributed by atoms with Crippen molar-refractivity contribution in [3.63, 3.8) is 0 Å².